The molecule has 1 saturated heterocycles. The zero-order valence-electron chi connectivity index (χ0n) is 14.0. The van der Waals surface area contributed by atoms with E-state index in [9.17, 15) is 8.42 Å². The predicted octanol–water partition coefficient (Wildman–Crippen LogP) is 2.97. The van der Waals surface area contributed by atoms with Gasteiger partial charge < -0.3 is 0 Å². The molecule has 24 heavy (non-hydrogen) atoms. The van der Waals surface area contributed by atoms with Crippen LogP contribution in [0.3, 0.4) is 0 Å². The van der Waals surface area contributed by atoms with Gasteiger partial charge in [0.2, 0.25) is 10.0 Å². The number of benzene rings is 2. The molecule has 1 fully saturated rings. The number of likely N-dealkylation sites (tertiary alicyclic amines) is 1. The molecule has 0 radical (unpaired) electrons. The average molecular weight is 344 g/mol. The smallest absolute Gasteiger partial charge is 0.240 e. The summed E-state index contributed by atoms with van der Waals surface area (Å²) in [6.07, 6.45) is 2.44. The highest BCUT2D eigenvalue weighted by Crippen LogP contribution is 2.27. The molecule has 0 amide bonds. The van der Waals surface area contributed by atoms with Crippen LogP contribution < -0.4 is 4.72 Å². The molecule has 1 heterocycles. The second-order valence-corrected chi connectivity index (χ2v) is 8.22. The Morgan fingerprint density at radius 3 is 2.46 bits per heavy atom. The maximum absolute atomic E-state index is 11.8. The molecule has 3 rings (SSSR count). The van der Waals surface area contributed by atoms with Crippen molar-refractivity contribution in [2.24, 2.45) is 0 Å². The molecule has 0 aromatic heterocycles. The van der Waals surface area contributed by atoms with E-state index in [1.165, 1.54) is 25.5 Å². The second-order valence-electron chi connectivity index (χ2n) is 6.34. The monoisotopic (exact) mass is 344 g/mol. The molecule has 1 atom stereocenters. The Bertz CT molecular complexity index is 758. The maximum atomic E-state index is 11.8. The maximum Gasteiger partial charge on any atom is 0.240 e. The van der Waals surface area contributed by atoms with Crippen molar-refractivity contribution in [3.8, 4) is 0 Å². The Labute approximate surface area is 144 Å². The van der Waals surface area contributed by atoms with Crippen molar-refractivity contribution < 1.29 is 8.42 Å². The van der Waals surface area contributed by atoms with Crippen molar-refractivity contribution in [2.75, 3.05) is 20.1 Å². The molecular weight excluding hydrogens is 320 g/mol. The Morgan fingerprint density at radius 1 is 1.08 bits per heavy atom. The summed E-state index contributed by atoms with van der Waals surface area (Å²) in [5, 5.41) is 0. The number of hydrogen-bond donors (Lipinski definition) is 1. The minimum Gasteiger partial charge on any atom is -0.298 e. The summed E-state index contributed by atoms with van der Waals surface area (Å²) in [4.78, 5) is 2.78. The number of piperidine rings is 1. The highest BCUT2D eigenvalue weighted by Gasteiger charge is 2.21. The lowest BCUT2D eigenvalue weighted by atomic mass is 9.90. The third-order valence-corrected chi connectivity index (χ3v) is 6.12. The number of sulfonamides is 1. The molecule has 1 aliphatic heterocycles. The van der Waals surface area contributed by atoms with Crippen LogP contribution in [0.2, 0.25) is 0 Å². The van der Waals surface area contributed by atoms with Crippen molar-refractivity contribution in [2.45, 2.75) is 30.2 Å². The van der Waals surface area contributed by atoms with Crippen molar-refractivity contribution in [1.82, 2.24) is 9.62 Å². The Kier molecular flexibility index (Phi) is 5.33. The normalized spacial score (nSPS) is 19.3. The Morgan fingerprint density at radius 2 is 1.79 bits per heavy atom. The largest absolute Gasteiger partial charge is 0.298 e. The third-order valence-electron chi connectivity index (χ3n) is 4.69. The zero-order valence-corrected chi connectivity index (χ0v) is 14.8. The summed E-state index contributed by atoms with van der Waals surface area (Å²) < 4.78 is 25.9. The molecule has 0 spiro atoms. The molecule has 0 aliphatic carbocycles. The highest BCUT2D eigenvalue weighted by atomic mass is 32.2. The SMILES string of the molecule is CNS(=O)(=O)c1ccc(CN2CCC[C@@H](c3ccccc3)C2)cc1. The molecule has 2 aromatic carbocycles. The van der Waals surface area contributed by atoms with E-state index in [-0.39, 0.29) is 0 Å². The van der Waals surface area contributed by atoms with Gasteiger partial charge in [0, 0.05) is 13.1 Å². The summed E-state index contributed by atoms with van der Waals surface area (Å²) in [7, 11) is -1.93. The first kappa shape index (κ1) is 17.1. The zero-order chi connectivity index (χ0) is 17.0. The summed E-state index contributed by atoms with van der Waals surface area (Å²) in [5.41, 5.74) is 2.57. The minimum absolute atomic E-state index is 0.314. The molecule has 1 N–H and O–H groups in total. The molecular formula is C19H24N2O2S. The van der Waals surface area contributed by atoms with Crippen LogP contribution in [0.4, 0.5) is 0 Å². The van der Waals surface area contributed by atoms with Crippen LogP contribution in [0, 0.1) is 0 Å². The molecule has 2 aromatic rings. The van der Waals surface area contributed by atoms with E-state index in [1.807, 2.05) is 12.1 Å². The van der Waals surface area contributed by atoms with Gasteiger partial charge >= 0.3 is 0 Å². The molecule has 1 aliphatic rings. The van der Waals surface area contributed by atoms with Crippen LogP contribution in [0.1, 0.15) is 29.9 Å². The fourth-order valence-corrected chi connectivity index (χ4v) is 4.08. The molecule has 5 heteroatoms. The second kappa shape index (κ2) is 7.47. The first-order valence-corrected chi connectivity index (χ1v) is 9.86. The van der Waals surface area contributed by atoms with Crippen molar-refractivity contribution >= 4 is 10.0 Å². The lowest BCUT2D eigenvalue weighted by Gasteiger charge is -2.33. The number of nitrogens with zero attached hydrogens (tertiary/aromatic N) is 1. The van der Waals surface area contributed by atoms with Crippen LogP contribution in [0.15, 0.2) is 59.5 Å². The van der Waals surface area contributed by atoms with E-state index < -0.39 is 10.0 Å². The fourth-order valence-electron chi connectivity index (χ4n) is 3.35. The first-order chi connectivity index (χ1) is 11.6. The predicted molar refractivity (Wildman–Crippen MR) is 96.4 cm³/mol. The van der Waals surface area contributed by atoms with Crippen LogP contribution in [-0.2, 0) is 16.6 Å². The standard InChI is InChI=1S/C19H24N2O2S/c1-20-24(22,23)19-11-9-16(10-12-19)14-21-13-5-8-18(15-21)17-6-3-2-4-7-17/h2-4,6-7,9-12,18,20H,5,8,13-15H2,1H3/t18-/m1/s1. The van der Waals surface area contributed by atoms with Crippen LogP contribution in [0.25, 0.3) is 0 Å². The van der Waals surface area contributed by atoms with Crippen molar-refractivity contribution in [3.63, 3.8) is 0 Å². The van der Waals surface area contributed by atoms with E-state index in [0.29, 0.717) is 10.8 Å². The first-order valence-electron chi connectivity index (χ1n) is 8.38. The van der Waals surface area contributed by atoms with Crippen LogP contribution in [-0.4, -0.2) is 33.5 Å². The van der Waals surface area contributed by atoms with Gasteiger partial charge in [-0.3, -0.25) is 4.90 Å². The molecule has 0 unspecified atom stereocenters. The van der Waals surface area contributed by atoms with E-state index >= 15 is 0 Å². The molecule has 0 saturated carbocycles. The molecule has 128 valence electrons. The van der Waals surface area contributed by atoms with Gasteiger partial charge in [-0.15, -0.1) is 0 Å². The Balaban J connectivity index is 1.65. The topological polar surface area (TPSA) is 49.4 Å². The fraction of sp³-hybridized carbons (Fsp3) is 0.368. The quantitative estimate of drug-likeness (QED) is 0.907. The van der Waals surface area contributed by atoms with Gasteiger partial charge in [-0.25, -0.2) is 13.1 Å². The van der Waals surface area contributed by atoms with Gasteiger partial charge in [0.1, 0.15) is 0 Å². The average Bonchev–Trinajstić information content (AvgIpc) is 2.63. The molecule has 4 nitrogen and oxygen atoms in total. The summed E-state index contributed by atoms with van der Waals surface area (Å²) in [6, 6.07) is 17.9. The van der Waals surface area contributed by atoms with Gasteiger partial charge in [-0.2, -0.15) is 0 Å². The van der Waals surface area contributed by atoms with Gasteiger partial charge in [0.05, 0.1) is 4.90 Å². The number of nitrogens with one attached hydrogen (secondary N) is 1. The summed E-state index contributed by atoms with van der Waals surface area (Å²) in [6.45, 7) is 3.02. The lowest BCUT2D eigenvalue weighted by Crippen LogP contribution is -2.33. The van der Waals surface area contributed by atoms with Gasteiger partial charge in [0.15, 0.2) is 0 Å². The minimum atomic E-state index is -3.36. The number of hydrogen-bond acceptors (Lipinski definition) is 3. The highest BCUT2D eigenvalue weighted by molar-refractivity contribution is 7.89. The van der Waals surface area contributed by atoms with Crippen molar-refractivity contribution in [3.05, 3.63) is 65.7 Å². The summed E-state index contributed by atoms with van der Waals surface area (Å²) >= 11 is 0. The third kappa shape index (κ3) is 4.04. The number of rotatable bonds is 5. The lowest BCUT2D eigenvalue weighted by molar-refractivity contribution is 0.200. The molecule has 0 bridgehead atoms. The van der Waals surface area contributed by atoms with E-state index in [2.05, 4.69) is 40.0 Å². The van der Waals surface area contributed by atoms with Gasteiger partial charge in [-0.05, 0) is 55.6 Å². The van der Waals surface area contributed by atoms with E-state index in [4.69, 9.17) is 0 Å². The van der Waals surface area contributed by atoms with Crippen LogP contribution >= 0.6 is 0 Å². The summed E-state index contributed by atoms with van der Waals surface area (Å²) in [5.74, 6) is 0.587. The van der Waals surface area contributed by atoms with Gasteiger partial charge in [0.25, 0.3) is 0 Å². The van der Waals surface area contributed by atoms with Crippen LogP contribution in [0.5, 0.6) is 0 Å². The van der Waals surface area contributed by atoms with Gasteiger partial charge in [-0.1, -0.05) is 42.5 Å². The van der Waals surface area contributed by atoms with Crippen molar-refractivity contribution in [1.29, 1.82) is 0 Å². The van der Waals surface area contributed by atoms with E-state index in [0.717, 1.165) is 25.2 Å². The van der Waals surface area contributed by atoms with E-state index in [1.54, 1.807) is 12.1 Å². The Hall–Kier alpha value is -1.69.